The minimum atomic E-state index is -0.494. The molecule has 2 aliphatic heterocycles. The molecule has 1 aromatic heterocycles. The van der Waals surface area contributed by atoms with Crippen LogP contribution in [-0.4, -0.2) is 32.9 Å². The normalized spacial score (nSPS) is 23.3. The van der Waals surface area contributed by atoms with Crippen molar-refractivity contribution in [2.75, 3.05) is 0 Å². The number of aromatic nitrogens is 2. The smallest absolute Gasteiger partial charge is 0.264 e. The quantitative estimate of drug-likeness (QED) is 0.874. The lowest BCUT2D eigenvalue weighted by atomic mass is 9.99. The van der Waals surface area contributed by atoms with Crippen LogP contribution in [0.4, 0.5) is 0 Å². The van der Waals surface area contributed by atoms with Gasteiger partial charge in [0.1, 0.15) is 12.1 Å². The summed E-state index contributed by atoms with van der Waals surface area (Å²) in [5.74, 6) is 0.775. The van der Waals surface area contributed by atoms with Crippen molar-refractivity contribution in [2.45, 2.75) is 44.4 Å². The lowest BCUT2D eigenvalue weighted by Gasteiger charge is -2.36. The Labute approximate surface area is 135 Å². The van der Waals surface area contributed by atoms with E-state index < -0.39 is 6.10 Å². The number of fused-ring (bicyclic) bond motifs is 4. The monoisotopic (exact) mass is 309 g/mol. The highest BCUT2D eigenvalue weighted by atomic mass is 16.5. The molecule has 3 atom stereocenters. The fourth-order valence-corrected chi connectivity index (χ4v) is 3.72. The third-order valence-corrected chi connectivity index (χ3v) is 4.78. The molecule has 0 N–H and O–H groups in total. The van der Waals surface area contributed by atoms with Crippen LogP contribution in [0.1, 0.15) is 37.1 Å². The second-order valence-electron chi connectivity index (χ2n) is 6.19. The van der Waals surface area contributed by atoms with E-state index in [1.54, 1.807) is 6.33 Å². The largest absolute Gasteiger partial charge is 0.481 e. The van der Waals surface area contributed by atoms with Gasteiger partial charge in [0.2, 0.25) is 0 Å². The molecule has 0 saturated carbocycles. The van der Waals surface area contributed by atoms with Gasteiger partial charge in [-0.15, -0.1) is 0 Å². The number of ether oxygens (including phenoxy) is 1. The average molecular weight is 309 g/mol. The first-order chi connectivity index (χ1) is 11.2. The van der Waals surface area contributed by atoms with Crippen LogP contribution in [0.5, 0.6) is 5.75 Å². The van der Waals surface area contributed by atoms with E-state index in [-0.39, 0.29) is 18.0 Å². The van der Waals surface area contributed by atoms with Crippen molar-refractivity contribution in [2.24, 2.45) is 0 Å². The molecule has 1 amide bonds. The summed E-state index contributed by atoms with van der Waals surface area (Å²) in [4.78, 5) is 23.5. The molecule has 118 valence electrons. The van der Waals surface area contributed by atoms with Gasteiger partial charge < -0.3 is 9.64 Å². The Balaban J connectivity index is 1.55. The van der Waals surface area contributed by atoms with Gasteiger partial charge in [-0.1, -0.05) is 18.2 Å². The first-order valence-electron chi connectivity index (χ1n) is 8.06. The molecule has 5 heteroatoms. The maximum Gasteiger partial charge on any atom is 0.264 e. The first kappa shape index (κ1) is 14.2. The van der Waals surface area contributed by atoms with Gasteiger partial charge in [0.15, 0.2) is 6.10 Å². The van der Waals surface area contributed by atoms with Crippen molar-refractivity contribution in [3.63, 3.8) is 0 Å². The molecule has 0 radical (unpaired) electrons. The van der Waals surface area contributed by atoms with E-state index in [2.05, 4.69) is 9.97 Å². The Kier molecular flexibility index (Phi) is 3.48. The molecule has 1 aromatic carbocycles. The molecule has 23 heavy (non-hydrogen) atoms. The second-order valence-corrected chi connectivity index (χ2v) is 6.19. The first-order valence-corrected chi connectivity index (χ1v) is 8.06. The van der Waals surface area contributed by atoms with Crippen molar-refractivity contribution in [3.8, 4) is 5.75 Å². The zero-order valence-corrected chi connectivity index (χ0v) is 13.1. The summed E-state index contributed by atoms with van der Waals surface area (Å²) in [6.07, 6.45) is 5.78. The number of benzene rings is 1. The molecule has 4 rings (SSSR count). The number of carbonyl (C=O) groups excluding carboxylic acids is 1. The number of carbonyl (C=O) groups is 1. The second kappa shape index (κ2) is 5.65. The Morgan fingerprint density at radius 1 is 1.30 bits per heavy atom. The fraction of sp³-hybridized carbons (Fsp3) is 0.389. The van der Waals surface area contributed by atoms with Gasteiger partial charge in [-0.2, -0.15) is 0 Å². The Hall–Kier alpha value is -2.43. The van der Waals surface area contributed by atoms with Crippen molar-refractivity contribution in [1.29, 1.82) is 0 Å². The molecule has 1 fully saturated rings. The van der Waals surface area contributed by atoms with Gasteiger partial charge in [-0.05, 0) is 31.9 Å². The lowest BCUT2D eigenvalue weighted by Crippen LogP contribution is -2.47. The van der Waals surface area contributed by atoms with Gasteiger partial charge in [-0.25, -0.2) is 9.97 Å². The summed E-state index contributed by atoms with van der Waals surface area (Å²) in [5, 5.41) is 0. The van der Waals surface area contributed by atoms with E-state index in [1.807, 2.05) is 48.4 Å². The molecule has 0 spiro atoms. The topological polar surface area (TPSA) is 55.3 Å². The maximum atomic E-state index is 12.9. The van der Waals surface area contributed by atoms with Crippen molar-refractivity contribution in [3.05, 3.63) is 54.1 Å². The molecule has 3 heterocycles. The van der Waals surface area contributed by atoms with Gasteiger partial charge in [-0.3, -0.25) is 4.79 Å². The third kappa shape index (κ3) is 2.46. The van der Waals surface area contributed by atoms with Crippen LogP contribution in [0.3, 0.4) is 0 Å². The Morgan fingerprint density at radius 3 is 2.96 bits per heavy atom. The van der Waals surface area contributed by atoms with Crippen molar-refractivity contribution in [1.82, 2.24) is 14.9 Å². The van der Waals surface area contributed by atoms with Gasteiger partial charge in [0.25, 0.3) is 5.91 Å². The zero-order valence-electron chi connectivity index (χ0n) is 13.1. The molecule has 1 saturated heterocycles. The third-order valence-electron chi connectivity index (χ3n) is 4.78. The highest BCUT2D eigenvalue weighted by molar-refractivity contribution is 5.82. The van der Waals surface area contributed by atoms with Gasteiger partial charge >= 0.3 is 0 Å². The summed E-state index contributed by atoms with van der Waals surface area (Å²) < 4.78 is 5.82. The van der Waals surface area contributed by atoms with Crippen LogP contribution in [0.2, 0.25) is 0 Å². The van der Waals surface area contributed by atoms with E-state index >= 15 is 0 Å². The number of para-hydroxylation sites is 1. The summed E-state index contributed by atoms with van der Waals surface area (Å²) in [6, 6.07) is 9.82. The van der Waals surface area contributed by atoms with E-state index in [9.17, 15) is 4.79 Å². The van der Waals surface area contributed by atoms with Crippen LogP contribution in [0.15, 0.2) is 42.9 Å². The molecular formula is C18H19N3O2. The van der Waals surface area contributed by atoms with Crippen molar-refractivity contribution >= 4 is 5.91 Å². The van der Waals surface area contributed by atoms with Crippen LogP contribution in [-0.2, 0) is 11.2 Å². The summed E-state index contributed by atoms with van der Waals surface area (Å²) in [6.45, 7) is 1.83. The predicted octanol–water partition coefficient (Wildman–Crippen LogP) is 2.53. The molecule has 2 aliphatic rings. The zero-order chi connectivity index (χ0) is 15.8. The van der Waals surface area contributed by atoms with Gasteiger partial charge in [0, 0.05) is 24.2 Å². The van der Waals surface area contributed by atoms with E-state index in [1.165, 1.54) is 0 Å². The SMILES string of the molecule is CC(Oc1ccccc1)C(=O)N1C2CCC1c1cncnc1C2. The van der Waals surface area contributed by atoms with E-state index in [0.29, 0.717) is 0 Å². The van der Waals surface area contributed by atoms with Crippen molar-refractivity contribution < 1.29 is 9.53 Å². The number of hydrogen-bond acceptors (Lipinski definition) is 4. The Morgan fingerprint density at radius 2 is 2.13 bits per heavy atom. The molecule has 2 aromatic rings. The molecule has 2 bridgehead atoms. The average Bonchev–Trinajstić information content (AvgIpc) is 2.90. The number of nitrogens with zero attached hydrogens (tertiary/aromatic N) is 3. The molecule has 3 unspecified atom stereocenters. The summed E-state index contributed by atoms with van der Waals surface area (Å²) in [7, 11) is 0. The molecule has 0 aliphatic carbocycles. The summed E-state index contributed by atoms with van der Waals surface area (Å²) >= 11 is 0. The number of hydrogen-bond donors (Lipinski definition) is 0. The van der Waals surface area contributed by atoms with E-state index in [0.717, 1.165) is 36.3 Å². The molecular weight excluding hydrogens is 290 g/mol. The fourth-order valence-electron chi connectivity index (χ4n) is 3.72. The number of rotatable bonds is 3. The predicted molar refractivity (Wildman–Crippen MR) is 84.9 cm³/mol. The maximum absolute atomic E-state index is 12.9. The van der Waals surface area contributed by atoms with Crippen LogP contribution in [0, 0.1) is 0 Å². The Bertz CT molecular complexity index is 719. The number of amides is 1. The van der Waals surface area contributed by atoms with Crippen LogP contribution < -0.4 is 4.74 Å². The highest BCUT2D eigenvalue weighted by Crippen LogP contribution is 2.43. The van der Waals surface area contributed by atoms with E-state index in [4.69, 9.17) is 4.74 Å². The standard InChI is InChI=1S/C18H19N3O2/c1-12(23-14-5-3-2-4-6-14)18(22)21-13-7-8-17(21)15-10-19-11-20-16(15)9-13/h2-6,10-13,17H,7-9H2,1H3. The van der Waals surface area contributed by atoms with Crippen LogP contribution in [0.25, 0.3) is 0 Å². The lowest BCUT2D eigenvalue weighted by molar-refractivity contribution is -0.141. The highest BCUT2D eigenvalue weighted by Gasteiger charge is 2.44. The summed E-state index contributed by atoms with van der Waals surface area (Å²) in [5.41, 5.74) is 2.19. The van der Waals surface area contributed by atoms with Crippen LogP contribution >= 0.6 is 0 Å². The van der Waals surface area contributed by atoms with Gasteiger partial charge in [0.05, 0.1) is 11.7 Å². The minimum Gasteiger partial charge on any atom is -0.481 e. The molecule has 5 nitrogen and oxygen atoms in total. The minimum absolute atomic E-state index is 0.0517.